The van der Waals surface area contributed by atoms with Gasteiger partial charge in [-0.05, 0) is 12.8 Å². The van der Waals surface area contributed by atoms with Crippen LogP contribution >= 0.6 is 0 Å². The van der Waals surface area contributed by atoms with E-state index in [9.17, 15) is 14.7 Å². The highest BCUT2D eigenvalue weighted by Crippen LogP contribution is 2.54. The summed E-state index contributed by atoms with van der Waals surface area (Å²) >= 11 is 0. The number of ether oxygens (including phenoxy) is 1. The summed E-state index contributed by atoms with van der Waals surface area (Å²) in [5, 5.41) is 10.3. The quantitative estimate of drug-likeness (QED) is 0.569. The monoisotopic (exact) mass is 283 g/mol. The standard InChI is InChI=1S/C14H23N2O4/c1-16(7-5-14(3-4-14)11(17)9-16)12(18)2-6-15-8-13(19)20-10-15/h11,17H,2-10H2,1H3/q+1/t11-,16+/m1/s1. The predicted molar refractivity (Wildman–Crippen MR) is 70.4 cm³/mol. The van der Waals surface area contributed by atoms with Gasteiger partial charge in [0, 0.05) is 18.4 Å². The third-order valence-corrected chi connectivity index (χ3v) is 5.28. The van der Waals surface area contributed by atoms with Gasteiger partial charge >= 0.3 is 11.9 Å². The Hall–Kier alpha value is -0.980. The third kappa shape index (κ3) is 2.47. The van der Waals surface area contributed by atoms with Crippen LogP contribution in [-0.2, 0) is 14.3 Å². The molecule has 0 unspecified atom stereocenters. The summed E-state index contributed by atoms with van der Waals surface area (Å²) in [6, 6.07) is 0. The minimum Gasteiger partial charge on any atom is -0.449 e. The zero-order valence-electron chi connectivity index (χ0n) is 12.0. The lowest BCUT2D eigenvalue weighted by atomic mass is 9.89. The number of aliphatic hydroxyl groups is 1. The van der Waals surface area contributed by atoms with Crippen LogP contribution in [0, 0.1) is 5.41 Å². The van der Waals surface area contributed by atoms with Crippen molar-refractivity contribution in [1.29, 1.82) is 0 Å². The van der Waals surface area contributed by atoms with E-state index in [1.54, 1.807) is 0 Å². The first-order valence-corrected chi connectivity index (χ1v) is 7.38. The van der Waals surface area contributed by atoms with Crippen molar-refractivity contribution in [3.63, 3.8) is 0 Å². The number of carbonyl (C=O) groups is 2. The van der Waals surface area contributed by atoms with Crippen molar-refractivity contribution in [2.45, 2.75) is 31.8 Å². The Bertz CT molecular complexity index is 435. The van der Waals surface area contributed by atoms with Crippen LogP contribution in [0.5, 0.6) is 0 Å². The van der Waals surface area contributed by atoms with Gasteiger partial charge in [0.2, 0.25) is 0 Å². The average Bonchev–Trinajstić information content (AvgIpc) is 3.08. The fraction of sp³-hybridized carbons (Fsp3) is 0.857. The Kier molecular flexibility index (Phi) is 3.35. The smallest absolute Gasteiger partial charge is 0.321 e. The first kappa shape index (κ1) is 14.0. The van der Waals surface area contributed by atoms with Crippen LogP contribution < -0.4 is 0 Å². The molecule has 0 bridgehead atoms. The van der Waals surface area contributed by atoms with Crippen LogP contribution in [0.15, 0.2) is 0 Å². The average molecular weight is 283 g/mol. The molecule has 1 spiro atoms. The van der Waals surface area contributed by atoms with Crippen molar-refractivity contribution < 1.29 is 23.9 Å². The summed E-state index contributed by atoms with van der Waals surface area (Å²) in [4.78, 5) is 25.3. The lowest BCUT2D eigenvalue weighted by Crippen LogP contribution is -2.60. The number of hydrogen-bond donors (Lipinski definition) is 1. The lowest BCUT2D eigenvalue weighted by molar-refractivity contribution is -0.846. The first-order chi connectivity index (χ1) is 9.43. The van der Waals surface area contributed by atoms with Crippen molar-refractivity contribution in [1.82, 2.24) is 4.90 Å². The zero-order chi connectivity index (χ0) is 14.4. The van der Waals surface area contributed by atoms with Crippen molar-refractivity contribution in [3.05, 3.63) is 0 Å². The summed E-state index contributed by atoms with van der Waals surface area (Å²) in [6.45, 7) is 2.49. The molecule has 0 aromatic rings. The summed E-state index contributed by atoms with van der Waals surface area (Å²) < 4.78 is 5.18. The van der Waals surface area contributed by atoms with Gasteiger partial charge in [0.05, 0.1) is 26.6 Å². The van der Waals surface area contributed by atoms with E-state index in [0.29, 0.717) is 30.7 Å². The number of cyclic esters (lactones) is 1. The van der Waals surface area contributed by atoms with E-state index in [-0.39, 0.29) is 29.9 Å². The van der Waals surface area contributed by atoms with E-state index in [1.165, 1.54) is 0 Å². The molecule has 20 heavy (non-hydrogen) atoms. The highest BCUT2D eigenvalue weighted by atomic mass is 16.6. The highest BCUT2D eigenvalue weighted by Gasteiger charge is 2.56. The van der Waals surface area contributed by atoms with Crippen molar-refractivity contribution in [3.8, 4) is 0 Å². The molecule has 1 amide bonds. The maximum absolute atomic E-state index is 12.4. The molecule has 6 heteroatoms. The van der Waals surface area contributed by atoms with Crippen molar-refractivity contribution in [2.75, 3.05) is 40.0 Å². The Morgan fingerprint density at radius 1 is 1.50 bits per heavy atom. The normalized spacial score (nSPS) is 36.1. The Morgan fingerprint density at radius 2 is 2.25 bits per heavy atom. The molecule has 2 saturated heterocycles. The van der Waals surface area contributed by atoms with E-state index in [4.69, 9.17) is 4.74 Å². The molecule has 0 aromatic heterocycles. The van der Waals surface area contributed by atoms with E-state index in [0.717, 1.165) is 25.8 Å². The number of amides is 1. The number of hydrogen-bond acceptors (Lipinski definition) is 5. The van der Waals surface area contributed by atoms with Crippen LogP contribution in [0.25, 0.3) is 0 Å². The zero-order valence-corrected chi connectivity index (χ0v) is 12.0. The van der Waals surface area contributed by atoms with Gasteiger partial charge in [0.15, 0.2) is 0 Å². The summed E-state index contributed by atoms with van der Waals surface area (Å²) in [5.41, 5.74) is 0.132. The number of likely N-dealkylation sites (N-methyl/N-ethyl adjacent to an activating group) is 1. The molecule has 112 valence electrons. The molecule has 2 atom stereocenters. The summed E-state index contributed by atoms with van der Waals surface area (Å²) in [6.07, 6.45) is 3.22. The van der Waals surface area contributed by atoms with Crippen molar-refractivity contribution in [2.24, 2.45) is 5.41 Å². The Morgan fingerprint density at radius 3 is 2.80 bits per heavy atom. The summed E-state index contributed by atoms with van der Waals surface area (Å²) in [5.74, 6) is -0.0687. The molecule has 6 nitrogen and oxygen atoms in total. The van der Waals surface area contributed by atoms with Gasteiger partial charge in [-0.15, -0.1) is 0 Å². The lowest BCUT2D eigenvalue weighted by Gasteiger charge is -2.41. The van der Waals surface area contributed by atoms with Crippen LogP contribution in [-0.4, -0.2) is 72.4 Å². The number of rotatable bonds is 3. The molecule has 3 rings (SSSR count). The number of esters is 1. The number of piperidine rings is 1. The van der Waals surface area contributed by atoms with Crippen LogP contribution in [0.4, 0.5) is 0 Å². The van der Waals surface area contributed by atoms with Gasteiger partial charge in [-0.1, -0.05) is 0 Å². The second kappa shape index (κ2) is 4.79. The second-order valence-corrected chi connectivity index (χ2v) is 6.77. The maximum atomic E-state index is 12.4. The Balaban J connectivity index is 1.52. The van der Waals surface area contributed by atoms with Crippen LogP contribution in [0.2, 0.25) is 0 Å². The molecule has 2 aliphatic heterocycles. The fourth-order valence-electron chi connectivity index (χ4n) is 3.38. The fourth-order valence-corrected chi connectivity index (χ4v) is 3.38. The highest BCUT2D eigenvalue weighted by molar-refractivity contribution is 5.73. The van der Waals surface area contributed by atoms with E-state index >= 15 is 0 Å². The first-order valence-electron chi connectivity index (χ1n) is 7.38. The number of aliphatic hydroxyl groups excluding tert-OH is 1. The van der Waals surface area contributed by atoms with Crippen LogP contribution in [0.3, 0.4) is 0 Å². The third-order valence-electron chi connectivity index (χ3n) is 5.28. The van der Waals surface area contributed by atoms with E-state index in [2.05, 4.69) is 0 Å². The van der Waals surface area contributed by atoms with E-state index < -0.39 is 0 Å². The van der Waals surface area contributed by atoms with Gasteiger partial charge in [-0.25, -0.2) is 4.79 Å². The molecule has 3 aliphatic rings. The maximum Gasteiger partial charge on any atom is 0.321 e. The largest absolute Gasteiger partial charge is 0.449 e. The predicted octanol–water partition coefficient (Wildman–Crippen LogP) is -0.289. The molecule has 1 aliphatic carbocycles. The van der Waals surface area contributed by atoms with Gasteiger partial charge in [0.25, 0.3) is 0 Å². The minimum absolute atomic E-state index is 0.132. The molecular weight excluding hydrogens is 260 g/mol. The number of quaternary nitrogens is 1. The number of likely N-dealkylation sites (tertiary alicyclic amines) is 1. The van der Waals surface area contributed by atoms with Gasteiger partial charge in [-0.3, -0.25) is 14.2 Å². The molecule has 3 fully saturated rings. The SMILES string of the molecule is C[N@+]1(C(=O)CCN2COC(=O)C2)CCC2(CC2)[C@H](O)C1. The molecule has 2 heterocycles. The van der Waals surface area contributed by atoms with Crippen LogP contribution in [0.1, 0.15) is 25.7 Å². The Labute approximate surface area is 118 Å². The summed E-state index contributed by atoms with van der Waals surface area (Å²) in [7, 11) is 1.92. The number of nitrogens with zero attached hydrogens (tertiary/aromatic N) is 2. The number of carbonyl (C=O) groups excluding carboxylic acids is 2. The van der Waals surface area contributed by atoms with Gasteiger partial charge in [-0.2, -0.15) is 0 Å². The molecular formula is C14H23N2O4+. The van der Waals surface area contributed by atoms with Gasteiger partial charge in [0.1, 0.15) is 19.4 Å². The van der Waals surface area contributed by atoms with Gasteiger partial charge < -0.3 is 9.84 Å². The molecule has 0 radical (unpaired) electrons. The second-order valence-electron chi connectivity index (χ2n) is 6.77. The molecule has 1 saturated carbocycles. The van der Waals surface area contributed by atoms with Crippen molar-refractivity contribution >= 4 is 11.9 Å². The topological polar surface area (TPSA) is 66.8 Å². The minimum atomic E-state index is -0.345. The van der Waals surface area contributed by atoms with E-state index in [1.807, 2.05) is 11.9 Å². The molecule has 1 N–H and O–H groups in total. The molecule has 0 aromatic carbocycles.